The molecule has 0 saturated heterocycles. The van der Waals surface area contributed by atoms with Gasteiger partial charge in [0.1, 0.15) is 5.75 Å². The van der Waals surface area contributed by atoms with Gasteiger partial charge in [0.15, 0.2) is 0 Å². The Kier molecular flexibility index (Phi) is 3.71. The molecule has 0 radical (unpaired) electrons. The Morgan fingerprint density at radius 1 is 1.32 bits per heavy atom. The monoisotopic (exact) mass is 272 g/mol. The van der Waals surface area contributed by atoms with Crippen LogP contribution in [0.4, 0.5) is 13.2 Å². The molecule has 1 aromatic heterocycles. The third kappa shape index (κ3) is 2.84. The topological polar surface area (TPSA) is 40.2 Å². The number of hydrogen-bond acceptors (Lipinski definition) is 2. The molecule has 2 rings (SSSR count). The van der Waals surface area contributed by atoms with Crippen LogP contribution in [-0.2, 0) is 6.54 Å². The highest BCUT2D eigenvalue weighted by atomic mass is 19.4. The summed E-state index contributed by atoms with van der Waals surface area (Å²) in [5, 5.41) is 0.845. The van der Waals surface area contributed by atoms with Crippen LogP contribution >= 0.6 is 0 Å². The number of alkyl halides is 3. The molecule has 3 nitrogen and oxygen atoms in total. The van der Waals surface area contributed by atoms with Crippen molar-refractivity contribution in [1.82, 2.24) is 4.57 Å². The quantitative estimate of drug-likeness (QED) is 0.929. The van der Waals surface area contributed by atoms with Crippen molar-refractivity contribution >= 4 is 10.9 Å². The van der Waals surface area contributed by atoms with E-state index in [-0.39, 0.29) is 6.54 Å². The second kappa shape index (κ2) is 5.13. The minimum Gasteiger partial charge on any atom is -0.497 e. The molecule has 0 saturated carbocycles. The first-order valence-corrected chi connectivity index (χ1v) is 5.85. The van der Waals surface area contributed by atoms with Gasteiger partial charge in [-0.25, -0.2) is 0 Å². The highest BCUT2D eigenvalue weighted by molar-refractivity contribution is 5.81. The highest BCUT2D eigenvalue weighted by Crippen LogP contribution is 2.29. The molecular formula is C13H15F3N2O. The second-order valence-corrected chi connectivity index (χ2v) is 4.37. The molecular weight excluding hydrogens is 257 g/mol. The molecule has 2 N–H and O–H groups in total. The summed E-state index contributed by atoms with van der Waals surface area (Å²) in [7, 11) is 1.55. The van der Waals surface area contributed by atoms with Crippen LogP contribution in [0.25, 0.3) is 10.9 Å². The maximum absolute atomic E-state index is 12.7. The number of halogens is 3. The molecule has 0 amide bonds. The van der Waals surface area contributed by atoms with Crippen molar-refractivity contribution < 1.29 is 17.9 Å². The first kappa shape index (κ1) is 13.7. The zero-order chi connectivity index (χ0) is 14.0. The van der Waals surface area contributed by atoms with Crippen LogP contribution in [0.5, 0.6) is 5.75 Å². The van der Waals surface area contributed by atoms with E-state index in [0.717, 1.165) is 10.9 Å². The lowest BCUT2D eigenvalue weighted by atomic mass is 10.1. The summed E-state index contributed by atoms with van der Waals surface area (Å²) in [6.07, 6.45) is -2.64. The van der Waals surface area contributed by atoms with Crippen LogP contribution in [0, 0.1) is 5.92 Å². The van der Waals surface area contributed by atoms with Gasteiger partial charge in [-0.1, -0.05) is 0 Å². The van der Waals surface area contributed by atoms with Crippen LogP contribution < -0.4 is 10.5 Å². The van der Waals surface area contributed by atoms with E-state index < -0.39 is 18.6 Å². The average Bonchev–Trinajstić information content (AvgIpc) is 2.76. The number of fused-ring (bicyclic) bond motifs is 1. The van der Waals surface area contributed by atoms with E-state index in [0.29, 0.717) is 5.75 Å². The van der Waals surface area contributed by atoms with Gasteiger partial charge in [-0.3, -0.25) is 0 Å². The van der Waals surface area contributed by atoms with Gasteiger partial charge < -0.3 is 15.0 Å². The second-order valence-electron chi connectivity index (χ2n) is 4.37. The maximum atomic E-state index is 12.7. The molecule has 0 aliphatic carbocycles. The number of nitrogens with two attached hydrogens (primary N) is 1. The number of methoxy groups -OCH3 is 1. The van der Waals surface area contributed by atoms with Crippen LogP contribution in [-0.4, -0.2) is 24.4 Å². The maximum Gasteiger partial charge on any atom is 0.394 e. The highest BCUT2D eigenvalue weighted by Gasteiger charge is 2.38. The molecule has 0 aliphatic heterocycles. The minimum atomic E-state index is -4.28. The number of ether oxygens (including phenoxy) is 1. The lowest BCUT2D eigenvalue weighted by molar-refractivity contribution is -0.174. The first-order chi connectivity index (χ1) is 8.95. The molecule has 1 aromatic carbocycles. The van der Waals surface area contributed by atoms with Crippen molar-refractivity contribution in [2.45, 2.75) is 12.7 Å². The zero-order valence-corrected chi connectivity index (χ0v) is 10.4. The molecule has 1 atom stereocenters. The van der Waals surface area contributed by atoms with E-state index in [2.05, 4.69) is 0 Å². The first-order valence-electron chi connectivity index (χ1n) is 5.85. The average molecular weight is 272 g/mol. The molecule has 0 spiro atoms. The van der Waals surface area contributed by atoms with Gasteiger partial charge in [0.05, 0.1) is 13.0 Å². The third-order valence-electron chi connectivity index (χ3n) is 3.14. The smallest absolute Gasteiger partial charge is 0.394 e. The predicted molar refractivity (Wildman–Crippen MR) is 67.1 cm³/mol. The van der Waals surface area contributed by atoms with Gasteiger partial charge in [0, 0.05) is 30.2 Å². The molecule has 19 heavy (non-hydrogen) atoms. The van der Waals surface area contributed by atoms with E-state index in [4.69, 9.17) is 10.5 Å². The van der Waals surface area contributed by atoms with E-state index in [1.54, 1.807) is 42.1 Å². The van der Waals surface area contributed by atoms with Crippen LogP contribution in [0.15, 0.2) is 30.5 Å². The van der Waals surface area contributed by atoms with Gasteiger partial charge in [-0.2, -0.15) is 13.2 Å². The largest absolute Gasteiger partial charge is 0.497 e. The molecule has 0 bridgehead atoms. The van der Waals surface area contributed by atoms with Gasteiger partial charge in [-0.15, -0.1) is 0 Å². The molecule has 1 unspecified atom stereocenters. The van der Waals surface area contributed by atoms with Crippen LogP contribution in [0.2, 0.25) is 0 Å². The molecule has 104 valence electrons. The van der Waals surface area contributed by atoms with Crippen molar-refractivity contribution in [3.63, 3.8) is 0 Å². The van der Waals surface area contributed by atoms with Gasteiger partial charge in [-0.05, 0) is 24.3 Å². The Bertz CT molecular complexity index is 563. The number of hydrogen-bond donors (Lipinski definition) is 1. The van der Waals surface area contributed by atoms with Crippen molar-refractivity contribution in [2.75, 3.05) is 13.7 Å². The summed E-state index contributed by atoms with van der Waals surface area (Å²) < 4.78 is 44.8. The predicted octanol–water partition coefficient (Wildman–Crippen LogP) is 2.79. The summed E-state index contributed by atoms with van der Waals surface area (Å²) >= 11 is 0. The summed E-state index contributed by atoms with van der Waals surface area (Å²) in [5.41, 5.74) is 5.95. The number of nitrogens with zero attached hydrogens (tertiary/aromatic N) is 1. The van der Waals surface area contributed by atoms with E-state index in [1.807, 2.05) is 0 Å². The Balaban J connectivity index is 2.31. The summed E-state index contributed by atoms with van der Waals surface area (Å²) in [6.45, 7) is -0.588. The van der Waals surface area contributed by atoms with Gasteiger partial charge in [0.2, 0.25) is 0 Å². The molecule has 2 aromatic rings. The van der Waals surface area contributed by atoms with Crippen LogP contribution in [0.3, 0.4) is 0 Å². The SMILES string of the molecule is COc1ccc2c(ccn2CC(CN)C(F)(F)F)c1. The number of aromatic nitrogens is 1. The van der Waals surface area contributed by atoms with E-state index in [9.17, 15) is 13.2 Å². The summed E-state index contributed by atoms with van der Waals surface area (Å²) in [4.78, 5) is 0. The minimum absolute atomic E-state index is 0.171. The van der Waals surface area contributed by atoms with Crippen LogP contribution in [0.1, 0.15) is 0 Å². The van der Waals surface area contributed by atoms with Gasteiger partial charge in [0.25, 0.3) is 0 Å². The normalized spacial score (nSPS) is 13.7. The molecule has 6 heteroatoms. The van der Waals surface area contributed by atoms with Crippen molar-refractivity contribution in [3.8, 4) is 5.75 Å². The summed E-state index contributed by atoms with van der Waals surface area (Å²) in [5.74, 6) is -0.860. The number of rotatable bonds is 4. The summed E-state index contributed by atoms with van der Waals surface area (Å²) in [6, 6.07) is 7.03. The van der Waals surface area contributed by atoms with Crippen molar-refractivity contribution in [1.29, 1.82) is 0 Å². The number of benzene rings is 1. The van der Waals surface area contributed by atoms with Gasteiger partial charge >= 0.3 is 6.18 Å². The fourth-order valence-corrected chi connectivity index (χ4v) is 2.01. The zero-order valence-electron chi connectivity index (χ0n) is 10.4. The Hall–Kier alpha value is -1.69. The van der Waals surface area contributed by atoms with Crippen molar-refractivity contribution in [3.05, 3.63) is 30.5 Å². The Labute approximate surface area is 108 Å². The third-order valence-corrected chi connectivity index (χ3v) is 3.14. The molecule has 0 aliphatic rings. The van der Waals surface area contributed by atoms with Crippen molar-refractivity contribution in [2.24, 2.45) is 11.7 Å². The standard InChI is InChI=1S/C13H15F3N2O/c1-19-11-2-3-12-9(6-11)4-5-18(12)8-10(7-17)13(14,15)16/h2-6,10H,7-8,17H2,1H3. The Morgan fingerprint density at radius 3 is 2.63 bits per heavy atom. The fourth-order valence-electron chi connectivity index (χ4n) is 2.01. The molecule has 1 heterocycles. The fraction of sp³-hybridized carbons (Fsp3) is 0.385. The Morgan fingerprint density at radius 2 is 2.05 bits per heavy atom. The van der Waals surface area contributed by atoms with E-state index >= 15 is 0 Å². The lowest BCUT2D eigenvalue weighted by Gasteiger charge is -2.19. The van der Waals surface area contributed by atoms with E-state index in [1.165, 1.54) is 0 Å². The molecule has 0 fully saturated rings. The lowest BCUT2D eigenvalue weighted by Crippen LogP contribution is -2.33.